The Hall–Kier alpha value is -3.15. The number of benzene rings is 2. The van der Waals surface area contributed by atoms with Crippen LogP contribution in [0, 0.1) is 11.3 Å². The second-order valence-electron chi connectivity index (χ2n) is 11.4. The van der Waals surface area contributed by atoms with Crippen molar-refractivity contribution < 1.29 is 14.3 Å². The molecule has 2 amide bonds. The number of nitriles is 1. The van der Waals surface area contributed by atoms with Gasteiger partial charge in [0.15, 0.2) is 0 Å². The number of anilines is 2. The molecule has 0 bridgehead atoms. The quantitative estimate of drug-likeness (QED) is 0.432. The third kappa shape index (κ3) is 7.13. The number of ether oxygens (including phenoxy) is 1. The molecule has 2 atom stereocenters. The molecule has 0 radical (unpaired) electrons. The molecule has 4 rings (SSSR count). The minimum atomic E-state index is -0.610. The summed E-state index contributed by atoms with van der Waals surface area (Å²) in [5, 5.41) is 14.3. The van der Waals surface area contributed by atoms with Crippen LogP contribution in [-0.2, 0) is 9.53 Å². The Labute approximate surface area is 246 Å². The minimum Gasteiger partial charge on any atom is -0.444 e. The molecule has 8 nitrogen and oxygen atoms in total. The predicted molar refractivity (Wildman–Crippen MR) is 159 cm³/mol. The van der Waals surface area contributed by atoms with Crippen LogP contribution < -0.4 is 10.2 Å². The number of carbonyl (C=O) groups excluding carboxylic acids is 2. The number of piperidine rings is 1. The fourth-order valence-electron chi connectivity index (χ4n) is 5.23. The van der Waals surface area contributed by atoms with Gasteiger partial charge in [0.05, 0.1) is 17.3 Å². The van der Waals surface area contributed by atoms with E-state index >= 15 is 0 Å². The molecule has 0 aromatic heterocycles. The first-order chi connectivity index (χ1) is 19.0. The van der Waals surface area contributed by atoms with E-state index in [9.17, 15) is 14.9 Å². The number of hydrogen-bond donors (Lipinski definition) is 1. The molecule has 214 valence electrons. The maximum atomic E-state index is 13.5. The predicted octanol–water partition coefficient (Wildman–Crippen LogP) is 6.48. The van der Waals surface area contributed by atoms with Gasteiger partial charge in [-0.25, -0.2) is 4.79 Å². The Bertz CT molecular complexity index is 1280. The average molecular weight is 587 g/mol. The van der Waals surface area contributed by atoms with Crippen molar-refractivity contribution in [3.8, 4) is 6.07 Å². The lowest BCUT2D eigenvalue weighted by atomic mass is 10.0. The molecule has 0 spiro atoms. The second kappa shape index (κ2) is 12.6. The van der Waals surface area contributed by atoms with E-state index in [1.807, 2.05) is 56.9 Å². The molecule has 2 heterocycles. The lowest BCUT2D eigenvalue weighted by Crippen LogP contribution is -2.57. The highest BCUT2D eigenvalue weighted by atomic mass is 35.5. The van der Waals surface area contributed by atoms with Gasteiger partial charge >= 0.3 is 6.09 Å². The van der Waals surface area contributed by atoms with Crippen molar-refractivity contribution in [3.05, 3.63) is 57.6 Å². The van der Waals surface area contributed by atoms with Crippen molar-refractivity contribution in [3.63, 3.8) is 0 Å². The van der Waals surface area contributed by atoms with Gasteiger partial charge in [0.25, 0.3) is 0 Å². The standard InChI is InChI=1S/C30H37Cl2N5O3/c1-20(24-11-9-22(31)17-25(24)32)34-26-18-23(10-8-21(26)19-33)35-13-15-36(16-14-35)28(38)27-7-5-6-12-37(27)29(39)40-30(2,3)4/h8-11,17-18,20,27,34H,5-7,12-16H2,1-4H3/t20-,27-/m1/s1. The Morgan fingerprint density at radius 3 is 2.42 bits per heavy atom. The third-order valence-electron chi connectivity index (χ3n) is 7.30. The Balaban J connectivity index is 1.42. The summed E-state index contributed by atoms with van der Waals surface area (Å²) in [6.45, 7) is 10.4. The largest absolute Gasteiger partial charge is 0.444 e. The van der Waals surface area contributed by atoms with Gasteiger partial charge in [0.2, 0.25) is 5.91 Å². The summed E-state index contributed by atoms with van der Waals surface area (Å²) in [6, 6.07) is 12.7. The molecule has 1 N–H and O–H groups in total. The number of amides is 2. The molecule has 0 unspecified atom stereocenters. The van der Waals surface area contributed by atoms with Crippen molar-refractivity contribution in [2.75, 3.05) is 42.9 Å². The fraction of sp³-hybridized carbons (Fsp3) is 0.500. The first kappa shape index (κ1) is 29.8. The van der Waals surface area contributed by atoms with E-state index in [1.54, 1.807) is 17.0 Å². The molecule has 2 aromatic rings. The van der Waals surface area contributed by atoms with Crippen molar-refractivity contribution in [1.82, 2.24) is 9.80 Å². The van der Waals surface area contributed by atoms with E-state index in [0.29, 0.717) is 60.4 Å². The Kier molecular flexibility index (Phi) is 9.37. The van der Waals surface area contributed by atoms with Gasteiger partial charge in [0.1, 0.15) is 17.7 Å². The lowest BCUT2D eigenvalue weighted by molar-refractivity contribution is -0.138. The van der Waals surface area contributed by atoms with Crippen LogP contribution in [0.15, 0.2) is 36.4 Å². The maximum absolute atomic E-state index is 13.5. The summed E-state index contributed by atoms with van der Waals surface area (Å²) in [6.07, 6.45) is 2.01. The number of carbonyl (C=O) groups is 2. The highest BCUT2D eigenvalue weighted by Gasteiger charge is 2.37. The van der Waals surface area contributed by atoms with Gasteiger partial charge in [-0.05, 0) is 82.9 Å². The third-order valence-corrected chi connectivity index (χ3v) is 7.86. The highest BCUT2D eigenvalue weighted by Crippen LogP contribution is 2.32. The van der Waals surface area contributed by atoms with Gasteiger partial charge in [-0.1, -0.05) is 29.3 Å². The normalized spacial score (nSPS) is 18.6. The monoisotopic (exact) mass is 585 g/mol. The van der Waals surface area contributed by atoms with Crippen LogP contribution in [0.3, 0.4) is 0 Å². The molecular formula is C30H37Cl2N5O3. The van der Waals surface area contributed by atoms with Crippen LogP contribution in [-0.4, -0.2) is 66.2 Å². The summed E-state index contributed by atoms with van der Waals surface area (Å²) in [5.41, 5.74) is 2.49. The van der Waals surface area contributed by atoms with Crippen molar-refractivity contribution in [2.45, 2.75) is 64.6 Å². The number of likely N-dealkylation sites (tertiary alicyclic amines) is 1. The summed E-state index contributed by atoms with van der Waals surface area (Å²) in [5.74, 6) is -0.0129. The molecule has 2 aliphatic rings. The average Bonchev–Trinajstić information content (AvgIpc) is 2.91. The number of hydrogen-bond acceptors (Lipinski definition) is 6. The molecule has 0 aliphatic carbocycles. The molecule has 2 aromatic carbocycles. The zero-order valence-corrected chi connectivity index (χ0v) is 25.1. The van der Waals surface area contributed by atoms with Crippen LogP contribution in [0.2, 0.25) is 10.0 Å². The highest BCUT2D eigenvalue weighted by molar-refractivity contribution is 6.35. The van der Waals surface area contributed by atoms with Gasteiger partial charge < -0.3 is 19.9 Å². The Morgan fingerprint density at radius 2 is 1.77 bits per heavy atom. The summed E-state index contributed by atoms with van der Waals surface area (Å²) >= 11 is 12.5. The minimum absolute atomic E-state index is 0.0129. The van der Waals surface area contributed by atoms with Crippen LogP contribution >= 0.6 is 23.2 Å². The van der Waals surface area contributed by atoms with Gasteiger partial charge in [-0.3, -0.25) is 9.69 Å². The molecule has 0 saturated carbocycles. The van der Waals surface area contributed by atoms with Crippen LogP contribution in [0.1, 0.15) is 64.1 Å². The smallest absolute Gasteiger partial charge is 0.410 e. The second-order valence-corrected chi connectivity index (χ2v) is 12.2. The fourth-order valence-corrected chi connectivity index (χ4v) is 5.80. The van der Waals surface area contributed by atoms with Crippen molar-refractivity contribution in [2.24, 2.45) is 0 Å². The number of rotatable bonds is 5. The maximum Gasteiger partial charge on any atom is 0.410 e. The summed E-state index contributed by atoms with van der Waals surface area (Å²) < 4.78 is 5.58. The van der Waals surface area contributed by atoms with Crippen molar-refractivity contribution >= 4 is 46.6 Å². The molecule has 2 aliphatic heterocycles. The summed E-state index contributed by atoms with van der Waals surface area (Å²) in [4.78, 5) is 32.0. The first-order valence-corrected chi connectivity index (χ1v) is 14.5. The molecule has 2 saturated heterocycles. The van der Waals surface area contributed by atoms with Gasteiger partial charge in [-0.15, -0.1) is 0 Å². The number of nitrogens with zero attached hydrogens (tertiary/aromatic N) is 4. The molecule has 40 heavy (non-hydrogen) atoms. The van der Waals surface area contributed by atoms with E-state index in [2.05, 4.69) is 16.3 Å². The SMILES string of the molecule is C[C@@H](Nc1cc(N2CCN(C(=O)[C@H]3CCCCN3C(=O)OC(C)(C)C)CC2)ccc1C#N)c1ccc(Cl)cc1Cl. The van der Waals surface area contributed by atoms with Crippen molar-refractivity contribution in [1.29, 1.82) is 5.26 Å². The molecule has 10 heteroatoms. The molecular weight excluding hydrogens is 549 g/mol. The van der Waals surface area contributed by atoms with E-state index in [-0.39, 0.29) is 11.9 Å². The van der Waals surface area contributed by atoms with Gasteiger partial charge in [-0.2, -0.15) is 5.26 Å². The Morgan fingerprint density at radius 1 is 1.05 bits per heavy atom. The topological polar surface area (TPSA) is 88.9 Å². The zero-order chi connectivity index (χ0) is 29.0. The number of nitrogens with one attached hydrogen (secondary N) is 1. The molecule has 2 fully saturated rings. The number of halogens is 2. The van der Waals surface area contributed by atoms with E-state index in [0.717, 1.165) is 24.1 Å². The van der Waals surface area contributed by atoms with Gasteiger partial charge in [0, 0.05) is 48.5 Å². The van der Waals surface area contributed by atoms with Crippen LogP contribution in [0.5, 0.6) is 0 Å². The van der Waals surface area contributed by atoms with E-state index in [1.165, 1.54) is 0 Å². The van der Waals surface area contributed by atoms with Crippen LogP contribution in [0.4, 0.5) is 16.2 Å². The van der Waals surface area contributed by atoms with Crippen LogP contribution in [0.25, 0.3) is 0 Å². The van der Waals surface area contributed by atoms with E-state index in [4.69, 9.17) is 27.9 Å². The first-order valence-electron chi connectivity index (χ1n) is 13.8. The van der Waals surface area contributed by atoms with E-state index < -0.39 is 17.7 Å². The lowest BCUT2D eigenvalue weighted by Gasteiger charge is -2.41. The summed E-state index contributed by atoms with van der Waals surface area (Å²) in [7, 11) is 0. The number of piperazine rings is 1. The zero-order valence-electron chi connectivity index (χ0n) is 23.5.